The van der Waals surface area contributed by atoms with Gasteiger partial charge < -0.3 is 9.64 Å². The summed E-state index contributed by atoms with van der Waals surface area (Å²) in [6.07, 6.45) is 3.67. The number of ketones is 1. The standard InChI is InChI=1S/C16H21NO3/c1-3-20-15-8-12(9-15)10-16(19)13-4-6-14(7-5-13)17(2)11-18/h4-7,11-12,15H,3,8-10H2,1-2H3. The molecule has 1 amide bonds. The molecule has 0 atom stereocenters. The van der Waals surface area contributed by atoms with Crippen molar-refractivity contribution in [3.8, 4) is 0 Å². The van der Waals surface area contributed by atoms with E-state index in [2.05, 4.69) is 0 Å². The fourth-order valence-corrected chi connectivity index (χ4v) is 2.54. The molecule has 1 fully saturated rings. The molecule has 1 aliphatic rings. The number of ether oxygens (including phenoxy) is 1. The number of Topliss-reactive ketones (excluding diaryl/α,β-unsaturated/α-hetero) is 1. The summed E-state index contributed by atoms with van der Waals surface area (Å²) in [6.45, 7) is 2.74. The highest BCUT2D eigenvalue weighted by Crippen LogP contribution is 2.33. The first kappa shape index (κ1) is 14.7. The average molecular weight is 275 g/mol. The van der Waals surface area contributed by atoms with Crippen LogP contribution in [0.5, 0.6) is 0 Å². The molecule has 108 valence electrons. The van der Waals surface area contributed by atoms with Gasteiger partial charge in [-0.05, 0) is 49.9 Å². The Bertz CT molecular complexity index is 463. The molecule has 0 unspecified atom stereocenters. The minimum absolute atomic E-state index is 0.172. The Morgan fingerprint density at radius 1 is 1.35 bits per heavy atom. The van der Waals surface area contributed by atoms with Crippen LogP contribution in [0.3, 0.4) is 0 Å². The third kappa shape index (κ3) is 3.45. The summed E-state index contributed by atoms with van der Waals surface area (Å²) < 4.78 is 5.50. The van der Waals surface area contributed by atoms with Crippen LogP contribution < -0.4 is 4.90 Å². The van der Waals surface area contributed by atoms with E-state index in [0.29, 0.717) is 24.0 Å². The Morgan fingerprint density at radius 3 is 2.55 bits per heavy atom. The van der Waals surface area contributed by atoms with Crippen LogP contribution in [0.25, 0.3) is 0 Å². The molecule has 4 heteroatoms. The highest BCUT2D eigenvalue weighted by Gasteiger charge is 2.31. The summed E-state index contributed by atoms with van der Waals surface area (Å²) in [6, 6.07) is 7.17. The number of benzene rings is 1. The van der Waals surface area contributed by atoms with Crippen molar-refractivity contribution >= 4 is 17.9 Å². The molecule has 1 aromatic rings. The Kier molecular flexibility index (Phi) is 4.90. The second-order valence-corrected chi connectivity index (χ2v) is 5.31. The number of hydrogen-bond donors (Lipinski definition) is 0. The molecule has 0 heterocycles. The van der Waals surface area contributed by atoms with Gasteiger partial charge in [0.15, 0.2) is 5.78 Å². The number of carbonyl (C=O) groups excluding carboxylic acids is 2. The predicted octanol–water partition coefficient (Wildman–Crippen LogP) is 2.67. The van der Waals surface area contributed by atoms with Gasteiger partial charge >= 0.3 is 0 Å². The molecule has 4 nitrogen and oxygen atoms in total. The Morgan fingerprint density at radius 2 is 2.00 bits per heavy atom. The van der Waals surface area contributed by atoms with Gasteiger partial charge in [0.1, 0.15) is 0 Å². The number of hydrogen-bond acceptors (Lipinski definition) is 3. The maximum absolute atomic E-state index is 12.1. The second kappa shape index (κ2) is 6.66. The van der Waals surface area contributed by atoms with Gasteiger partial charge in [-0.2, -0.15) is 0 Å². The maximum atomic E-state index is 12.1. The Hall–Kier alpha value is -1.68. The zero-order valence-corrected chi connectivity index (χ0v) is 12.0. The number of amides is 1. The van der Waals surface area contributed by atoms with Gasteiger partial charge in [0.25, 0.3) is 0 Å². The quantitative estimate of drug-likeness (QED) is 0.568. The molecule has 1 saturated carbocycles. The summed E-state index contributed by atoms with van der Waals surface area (Å²) in [7, 11) is 1.69. The van der Waals surface area contributed by atoms with E-state index in [4.69, 9.17) is 4.74 Å². The first-order chi connectivity index (χ1) is 9.63. The monoisotopic (exact) mass is 275 g/mol. The van der Waals surface area contributed by atoms with Crippen molar-refractivity contribution in [1.82, 2.24) is 0 Å². The Balaban J connectivity index is 1.86. The van der Waals surface area contributed by atoms with Crippen LogP contribution in [-0.2, 0) is 9.53 Å². The van der Waals surface area contributed by atoms with Crippen molar-refractivity contribution in [2.24, 2.45) is 5.92 Å². The van der Waals surface area contributed by atoms with E-state index in [-0.39, 0.29) is 5.78 Å². The van der Waals surface area contributed by atoms with E-state index >= 15 is 0 Å². The minimum atomic E-state index is 0.172. The van der Waals surface area contributed by atoms with E-state index in [9.17, 15) is 9.59 Å². The maximum Gasteiger partial charge on any atom is 0.213 e. The lowest BCUT2D eigenvalue weighted by atomic mass is 9.78. The number of rotatable bonds is 7. The van der Waals surface area contributed by atoms with Gasteiger partial charge in [0, 0.05) is 31.3 Å². The van der Waals surface area contributed by atoms with Gasteiger partial charge in [-0.3, -0.25) is 9.59 Å². The minimum Gasteiger partial charge on any atom is -0.378 e. The summed E-state index contributed by atoms with van der Waals surface area (Å²) in [5.41, 5.74) is 1.50. The SMILES string of the molecule is CCOC1CC(CC(=O)c2ccc(N(C)C=O)cc2)C1. The van der Waals surface area contributed by atoms with Crippen LogP contribution >= 0.6 is 0 Å². The molecular weight excluding hydrogens is 254 g/mol. The van der Waals surface area contributed by atoms with Gasteiger partial charge in [-0.1, -0.05) is 0 Å². The summed E-state index contributed by atoms with van der Waals surface area (Å²) >= 11 is 0. The Labute approximate surface area is 119 Å². The van der Waals surface area contributed by atoms with E-state index < -0.39 is 0 Å². The van der Waals surface area contributed by atoms with E-state index in [1.165, 1.54) is 4.90 Å². The summed E-state index contributed by atoms with van der Waals surface area (Å²) in [5.74, 6) is 0.627. The molecule has 0 spiro atoms. The molecule has 1 aromatic carbocycles. The fourth-order valence-electron chi connectivity index (χ4n) is 2.54. The van der Waals surface area contributed by atoms with Crippen LogP contribution in [0, 0.1) is 5.92 Å². The first-order valence-corrected chi connectivity index (χ1v) is 7.07. The zero-order valence-electron chi connectivity index (χ0n) is 12.0. The fraction of sp³-hybridized carbons (Fsp3) is 0.500. The first-order valence-electron chi connectivity index (χ1n) is 7.07. The average Bonchev–Trinajstić information content (AvgIpc) is 2.44. The third-order valence-corrected chi connectivity index (χ3v) is 3.82. The topological polar surface area (TPSA) is 46.6 Å². The van der Waals surface area contributed by atoms with Crippen molar-refractivity contribution in [3.63, 3.8) is 0 Å². The lowest BCUT2D eigenvalue weighted by molar-refractivity contribution is -0.107. The molecular formula is C16H21NO3. The molecule has 0 aliphatic heterocycles. The van der Waals surface area contributed by atoms with Crippen molar-refractivity contribution in [2.75, 3.05) is 18.6 Å². The summed E-state index contributed by atoms with van der Waals surface area (Å²) in [4.78, 5) is 24.3. The number of carbonyl (C=O) groups is 2. The van der Waals surface area contributed by atoms with Crippen LogP contribution in [0.1, 0.15) is 36.5 Å². The van der Waals surface area contributed by atoms with Crippen LogP contribution in [0.15, 0.2) is 24.3 Å². The van der Waals surface area contributed by atoms with Crippen molar-refractivity contribution in [2.45, 2.75) is 32.3 Å². The van der Waals surface area contributed by atoms with Crippen LogP contribution in [-0.4, -0.2) is 32.0 Å². The van der Waals surface area contributed by atoms with Crippen LogP contribution in [0.4, 0.5) is 5.69 Å². The normalized spacial score (nSPS) is 21.1. The second-order valence-electron chi connectivity index (χ2n) is 5.31. The summed E-state index contributed by atoms with van der Waals surface area (Å²) in [5, 5.41) is 0. The third-order valence-electron chi connectivity index (χ3n) is 3.82. The van der Waals surface area contributed by atoms with Gasteiger partial charge in [-0.25, -0.2) is 0 Å². The van der Waals surface area contributed by atoms with Gasteiger partial charge in [0.2, 0.25) is 6.41 Å². The highest BCUT2D eigenvalue weighted by atomic mass is 16.5. The molecule has 0 radical (unpaired) electrons. The number of nitrogens with zero attached hydrogens (tertiary/aromatic N) is 1. The van der Waals surface area contributed by atoms with Crippen molar-refractivity contribution < 1.29 is 14.3 Å². The van der Waals surface area contributed by atoms with Crippen molar-refractivity contribution in [3.05, 3.63) is 29.8 Å². The van der Waals surface area contributed by atoms with Gasteiger partial charge in [-0.15, -0.1) is 0 Å². The molecule has 0 bridgehead atoms. The highest BCUT2D eigenvalue weighted by molar-refractivity contribution is 5.96. The molecule has 0 aromatic heterocycles. The smallest absolute Gasteiger partial charge is 0.213 e. The van der Waals surface area contributed by atoms with E-state index in [1.807, 2.05) is 6.92 Å². The molecule has 20 heavy (non-hydrogen) atoms. The van der Waals surface area contributed by atoms with E-state index in [0.717, 1.165) is 31.5 Å². The van der Waals surface area contributed by atoms with E-state index in [1.54, 1.807) is 31.3 Å². The van der Waals surface area contributed by atoms with Crippen molar-refractivity contribution in [1.29, 1.82) is 0 Å². The largest absolute Gasteiger partial charge is 0.378 e. The number of anilines is 1. The molecule has 0 N–H and O–H groups in total. The zero-order chi connectivity index (χ0) is 14.5. The van der Waals surface area contributed by atoms with Crippen LogP contribution in [0.2, 0.25) is 0 Å². The predicted molar refractivity (Wildman–Crippen MR) is 78.0 cm³/mol. The molecule has 0 saturated heterocycles. The molecule has 2 rings (SSSR count). The lowest BCUT2D eigenvalue weighted by Gasteiger charge is -2.34. The lowest BCUT2D eigenvalue weighted by Crippen LogP contribution is -2.32. The van der Waals surface area contributed by atoms with Gasteiger partial charge in [0.05, 0.1) is 6.10 Å². The molecule has 1 aliphatic carbocycles.